The van der Waals surface area contributed by atoms with Crippen LogP contribution in [0.3, 0.4) is 0 Å². The number of carbonyl (C=O) groups is 1. The number of ether oxygens (including phenoxy) is 2. The molecule has 0 radical (unpaired) electrons. The number of halogens is 4. The molecule has 2 aromatic rings. The van der Waals surface area contributed by atoms with Crippen molar-refractivity contribution in [3.8, 4) is 11.5 Å². The summed E-state index contributed by atoms with van der Waals surface area (Å²) in [7, 11) is 0. The Balaban J connectivity index is 1.44. The summed E-state index contributed by atoms with van der Waals surface area (Å²) < 4.78 is 62.3. The zero-order valence-electron chi connectivity index (χ0n) is 13.1. The second kappa shape index (κ2) is 5.62. The highest BCUT2D eigenvalue weighted by Crippen LogP contribution is 2.58. The van der Waals surface area contributed by atoms with Crippen LogP contribution in [0.2, 0.25) is 0 Å². The van der Waals surface area contributed by atoms with E-state index in [0.29, 0.717) is 17.6 Å². The van der Waals surface area contributed by atoms with E-state index in [4.69, 9.17) is 14.6 Å². The molecule has 1 aliphatic heterocycles. The number of carboxylic acids is 1. The number of benzene rings is 2. The van der Waals surface area contributed by atoms with Crippen LogP contribution in [0.1, 0.15) is 22.6 Å². The summed E-state index contributed by atoms with van der Waals surface area (Å²) in [6.45, 7) is -0.113. The van der Waals surface area contributed by atoms with Gasteiger partial charge in [0, 0.05) is 17.5 Å². The standard InChI is InChI=1S/C18H12F4O4/c19-12-5-8(1-4-11(12)18(20,21)22)7-25-9-2-3-10-13(6-9)26-16-14(10)15(16)17(23)24/h1-6,14-16H,7H2,(H,23,24). The smallest absolute Gasteiger partial charge is 0.419 e. The highest BCUT2D eigenvalue weighted by molar-refractivity contribution is 5.79. The van der Waals surface area contributed by atoms with E-state index in [9.17, 15) is 22.4 Å². The quantitative estimate of drug-likeness (QED) is 0.830. The molecule has 1 saturated carbocycles. The molecule has 4 rings (SSSR count). The normalized spacial score (nSPS) is 23.0. The maximum Gasteiger partial charge on any atom is 0.419 e. The molecule has 0 aromatic heterocycles. The van der Waals surface area contributed by atoms with Crippen LogP contribution >= 0.6 is 0 Å². The maximum absolute atomic E-state index is 13.6. The molecule has 1 N–H and O–H groups in total. The van der Waals surface area contributed by atoms with Gasteiger partial charge in [-0.1, -0.05) is 12.1 Å². The molecule has 26 heavy (non-hydrogen) atoms. The van der Waals surface area contributed by atoms with E-state index < -0.39 is 29.4 Å². The Labute approximate surface area is 145 Å². The van der Waals surface area contributed by atoms with Crippen molar-refractivity contribution in [1.29, 1.82) is 0 Å². The van der Waals surface area contributed by atoms with Crippen LogP contribution in [0.25, 0.3) is 0 Å². The maximum atomic E-state index is 13.6. The molecule has 8 heteroatoms. The second-order valence-electron chi connectivity index (χ2n) is 6.27. The van der Waals surface area contributed by atoms with Crippen LogP contribution in [-0.2, 0) is 17.6 Å². The minimum Gasteiger partial charge on any atom is -0.489 e. The van der Waals surface area contributed by atoms with E-state index in [2.05, 4.69) is 0 Å². The Kier molecular flexibility index (Phi) is 3.61. The lowest BCUT2D eigenvalue weighted by molar-refractivity contribution is -0.140. The fraction of sp³-hybridized carbons (Fsp3) is 0.278. The number of hydrogen-bond donors (Lipinski definition) is 1. The van der Waals surface area contributed by atoms with Gasteiger partial charge in [-0.15, -0.1) is 0 Å². The summed E-state index contributed by atoms with van der Waals surface area (Å²) in [5.74, 6) is -1.98. The van der Waals surface area contributed by atoms with E-state index in [1.54, 1.807) is 18.2 Å². The Hall–Kier alpha value is -2.77. The highest BCUT2D eigenvalue weighted by Gasteiger charge is 2.63. The molecule has 1 fully saturated rings. The average Bonchev–Trinajstić information content (AvgIpc) is 3.15. The van der Waals surface area contributed by atoms with Gasteiger partial charge in [0.15, 0.2) is 0 Å². The van der Waals surface area contributed by atoms with Crippen LogP contribution in [0.15, 0.2) is 36.4 Å². The predicted octanol–water partition coefficient (Wildman–Crippen LogP) is 3.98. The van der Waals surface area contributed by atoms with Gasteiger partial charge in [-0.05, 0) is 23.8 Å². The summed E-state index contributed by atoms with van der Waals surface area (Å²) in [5, 5.41) is 9.04. The molecule has 0 saturated heterocycles. The predicted molar refractivity (Wildman–Crippen MR) is 80.5 cm³/mol. The number of rotatable bonds is 4. The van der Waals surface area contributed by atoms with Gasteiger partial charge in [-0.3, -0.25) is 4.79 Å². The third-order valence-electron chi connectivity index (χ3n) is 4.59. The molecule has 136 valence electrons. The Morgan fingerprint density at radius 2 is 1.96 bits per heavy atom. The molecule has 4 nitrogen and oxygen atoms in total. The third kappa shape index (κ3) is 2.75. The lowest BCUT2D eigenvalue weighted by Gasteiger charge is -2.12. The van der Waals surface area contributed by atoms with Crippen molar-refractivity contribution in [2.75, 3.05) is 0 Å². The number of aliphatic carboxylic acids is 1. The Morgan fingerprint density at radius 1 is 1.19 bits per heavy atom. The summed E-state index contributed by atoms with van der Waals surface area (Å²) >= 11 is 0. The SMILES string of the molecule is O=C(O)C1C2Oc3cc(OCc4ccc(C(F)(F)F)c(F)c4)ccc3C21. The van der Waals surface area contributed by atoms with Crippen LogP contribution < -0.4 is 9.47 Å². The number of hydrogen-bond acceptors (Lipinski definition) is 3. The molecule has 1 aliphatic carbocycles. The van der Waals surface area contributed by atoms with Gasteiger partial charge in [0.2, 0.25) is 0 Å². The molecule has 0 spiro atoms. The van der Waals surface area contributed by atoms with Crippen molar-refractivity contribution in [2.24, 2.45) is 5.92 Å². The molecule has 1 heterocycles. The van der Waals surface area contributed by atoms with E-state index in [1.807, 2.05) is 0 Å². The van der Waals surface area contributed by atoms with Gasteiger partial charge in [-0.2, -0.15) is 13.2 Å². The first-order valence-electron chi connectivity index (χ1n) is 7.77. The lowest BCUT2D eigenvalue weighted by Crippen LogP contribution is -2.09. The molecular weight excluding hydrogens is 356 g/mol. The largest absolute Gasteiger partial charge is 0.489 e. The van der Waals surface area contributed by atoms with Crippen molar-refractivity contribution >= 4 is 5.97 Å². The van der Waals surface area contributed by atoms with Gasteiger partial charge < -0.3 is 14.6 Å². The lowest BCUT2D eigenvalue weighted by atomic mass is 10.1. The van der Waals surface area contributed by atoms with E-state index in [0.717, 1.165) is 17.7 Å². The average molecular weight is 368 g/mol. The van der Waals surface area contributed by atoms with Gasteiger partial charge in [0.25, 0.3) is 0 Å². The van der Waals surface area contributed by atoms with Gasteiger partial charge in [-0.25, -0.2) is 4.39 Å². The molecule has 0 amide bonds. The van der Waals surface area contributed by atoms with Crippen LogP contribution in [0, 0.1) is 11.7 Å². The summed E-state index contributed by atoms with van der Waals surface area (Å²) in [6, 6.07) is 7.57. The molecule has 3 atom stereocenters. The zero-order valence-corrected chi connectivity index (χ0v) is 13.1. The molecular formula is C18H12F4O4. The topological polar surface area (TPSA) is 55.8 Å². The molecule has 0 bridgehead atoms. The minimum atomic E-state index is -4.74. The van der Waals surface area contributed by atoms with E-state index >= 15 is 0 Å². The van der Waals surface area contributed by atoms with E-state index in [-0.39, 0.29) is 24.2 Å². The first-order valence-corrected chi connectivity index (χ1v) is 7.77. The number of alkyl halides is 3. The fourth-order valence-electron chi connectivity index (χ4n) is 3.27. The zero-order chi connectivity index (χ0) is 18.6. The van der Waals surface area contributed by atoms with Crippen molar-refractivity contribution in [3.05, 3.63) is 58.9 Å². The van der Waals surface area contributed by atoms with Crippen molar-refractivity contribution in [2.45, 2.75) is 24.8 Å². The highest BCUT2D eigenvalue weighted by atomic mass is 19.4. The van der Waals surface area contributed by atoms with Gasteiger partial charge in [0.05, 0.1) is 5.56 Å². The first-order chi connectivity index (χ1) is 12.3. The number of fused-ring (bicyclic) bond motifs is 3. The summed E-state index contributed by atoms with van der Waals surface area (Å²) in [5.41, 5.74) is -0.263. The van der Waals surface area contributed by atoms with Gasteiger partial charge in [0.1, 0.15) is 35.9 Å². The summed E-state index contributed by atoms with van der Waals surface area (Å²) in [4.78, 5) is 11.0. The first kappa shape index (κ1) is 16.7. The monoisotopic (exact) mass is 368 g/mol. The fourth-order valence-corrected chi connectivity index (χ4v) is 3.27. The van der Waals surface area contributed by atoms with Crippen LogP contribution in [0.5, 0.6) is 11.5 Å². The molecule has 2 aliphatic rings. The van der Waals surface area contributed by atoms with Crippen molar-refractivity contribution < 1.29 is 36.9 Å². The summed E-state index contributed by atoms with van der Waals surface area (Å²) in [6.07, 6.45) is -5.10. The van der Waals surface area contributed by atoms with Crippen LogP contribution in [0.4, 0.5) is 17.6 Å². The number of carboxylic acid groups (broad SMARTS) is 1. The Morgan fingerprint density at radius 3 is 2.62 bits per heavy atom. The van der Waals surface area contributed by atoms with Crippen LogP contribution in [-0.4, -0.2) is 17.2 Å². The second-order valence-corrected chi connectivity index (χ2v) is 6.27. The Bertz CT molecular complexity index is 893. The molecule has 3 unspecified atom stereocenters. The van der Waals surface area contributed by atoms with Crippen molar-refractivity contribution in [3.63, 3.8) is 0 Å². The third-order valence-corrected chi connectivity index (χ3v) is 4.59. The van der Waals surface area contributed by atoms with E-state index in [1.165, 1.54) is 0 Å². The minimum absolute atomic E-state index is 0.113. The van der Waals surface area contributed by atoms with Crippen molar-refractivity contribution in [1.82, 2.24) is 0 Å². The van der Waals surface area contributed by atoms with Gasteiger partial charge >= 0.3 is 12.1 Å². The molecule has 2 aromatic carbocycles.